The fourth-order valence-corrected chi connectivity index (χ4v) is 3.99. The van der Waals surface area contributed by atoms with Gasteiger partial charge in [0.25, 0.3) is 0 Å². The highest BCUT2D eigenvalue weighted by Crippen LogP contribution is 2.35. The first kappa shape index (κ1) is 14.3. The molecule has 2 N–H and O–H groups in total. The van der Waals surface area contributed by atoms with Crippen LogP contribution in [0.3, 0.4) is 0 Å². The van der Waals surface area contributed by atoms with Gasteiger partial charge in [0, 0.05) is 16.6 Å². The zero-order valence-corrected chi connectivity index (χ0v) is 13.5. The van der Waals surface area contributed by atoms with E-state index in [1.165, 1.54) is 11.3 Å². The fourth-order valence-electron chi connectivity index (χ4n) is 2.83. The van der Waals surface area contributed by atoms with Crippen molar-refractivity contribution < 1.29 is 14.3 Å². The number of aromatic nitrogens is 1. The second-order valence-electron chi connectivity index (χ2n) is 5.88. The maximum Gasteiger partial charge on any atom is 0.325 e. The summed E-state index contributed by atoms with van der Waals surface area (Å²) in [5.74, 6) is 2.03. The van der Waals surface area contributed by atoms with E-state index in [0.717, 1.165) is 18.5 Å². The van der Waals surface area contributed by atoms with Crippen LogP contribution in [-0.2, 0) is 12.8 Å². The molecule has 0 spiro atoms. The molecule has 0 bridgehead atoms. The molecule has 0 fully saturated rings. The minimum Gasteiger partial charge on any atom is -0.454 e. The second kappa shape index (κ2) is 5.73. The molecule has 2 heterocycles. The number of carbonyl (C=O) groups is 1. The van der Waals surface area contributed by atoms with E-state index in [9.17, 15) is 4.79 Å². The number of nitrogens with zero attached hydrogens (tertiary/aromatic N) is 1. The summed E-state index contributed by atoms with van der Waals surface area (Å²) >= 11 is 1.57. The summed E-state index contributed by atoms with van der Waals surface area (Å²) < 4.78 is 10.6. The first-order valence-corrected chi connectivity index (χ1v) is 8.45. The second-order valence-corrected chi connectivity index (χ2v) is 6.97. The SMILES string of the molecule is C[C@@H]1CCc2nc(NC(=O)Nc3ccc4c(c3)OCO4)sc2C1. The van der Waals surface area contributed by atoms with E-state index in [1.54, 1.807) is 29.5 Å². The van der Waals surface area contributed by atoms with Crippen LogP contribution in [0.1, 0.15) is 23.9 Å². The lowest BCUT2D eigenvalue weighted by molar-refractivity contribution is 0.174. The number of thiazole rings is 1. The quantitative estimate of drug-likeness (QED) is 0.881. The van der Waals surface area contributed by atoms with Gasteiger partial charge in [0.2, 0.25) is 6.79 Å². The van der Waals surface area contributed by atoms with Gasteiger partial charge < -0.3 is 14.8 Å². The smallest absolute Gasteiger partial charge is 0.325 e. The number of hydrogen-bond acceptors (Lipinski definition) is 5. The van der Waals surface area contributed by atoms with Crippen LogP contribution in [0.15, 0.2) is 18.2 Å². The van der Waals surface area contributed by atoms with Crippen molar-refractivity contribution in [3.05, 3.63) is 28.8 Å². The predicted molar refractivity (Wildman–Crippen MR) is 88.5 cm³/mol. The van der Waals surface area contributed by atoms with Gasteiger partial charge >= 0.3 is 6.03 Å². The summed E-state index contributed by atoms with van der Waals surface area (Å²) in [6.45, 7) is 2.47. The van der Waals surface area contributed by atoms with Gasteiger partial charge in [-0.25, -0.2) is 9.78 Å². The third kappa shape index (κ3) is 2.96. The molecule has 1 aliphatic carbocycles. The Bertz CT molecular complexity index is 759. The molecular weight excluding hydrogens is 314 g/mol. The molecule has 120 valence electrons. The first-order valence-electron chi connectivity index (χ1n) is 7.63. The van der Waals surface area contributed by atoms with Crippen LogP contribution in [0.4, 0.5) is 15.6 Å². The molecule has 0 saturated carbocycles. The van der Waals surface area contributed by atoms with Gasteiger partial charge in [-0.15, -0.1) is 11.3 Å². The average molecular weight is 331 g/mol. The van der Waals surface area contributed by atoms with E-state index in [2.05, 4.69) is 22.5 Å². The van der Waals surface area contributed by atoms with Gasteiger partial charge in [-0.3, -0.25) is 5.32 Å². The van der Waals surface area contributed by atoms with Crippen LogP contribution < -0.4 is 20.1 Å². The van der Waals surface area contributed by atoms with Crippen molar-refractivity contribution in [1.29, 1.82) is 0 Å². The summed E-state index contributed by atoms with van der Waals surface area (Å²) in [4.78, 5) is 18.0. The van der Waals surface area contributed by atoms with Crippen LogP contribution in [-0.4, -0.2) is 17.8 Å². The number of amides is 2. The van der Waals surface area contributed by atoms with Crippen molar-refractivity contribution in [3.63, 3.8) is 0 Å². The summed E-state index contributed by atoms with van der Waals surface area (Å²) in [5, 5.41) is 6.26. The molecule has 0 unspecified atom stereocenters. The molecule has 4 rings (SSSR count). The topological polar surface area (TPSA) is 72.5 Å². The van der Waals surface area contributed by atoms with Crippen molar-refractivity contribution in [2.24, 2.45) is 5.92 Å². The van der Waals surface area contributed by atoms with Crippen molar-refractivity contribution in [2.45, 2.75) is 26.2 Å². The number of hydrogen-bond donors (Lipinski definition) is 2. The molecule has 1 aliphatic heterocycles. The van der Waals surface area contributed by atoms with Gasteiger partial charge in [-0.1, -0.05) is 6.92 Å². The number of fused-ring (bicyclic) bond motifs is 2. The van der Waals surface area contributed by atoms with Gasteiger partial charge in [0.05, 0.1) is 5.69 Å². The van der Waals surface area contributed by atoms with Gasteiger partial charge in [0.15, 0.2) is 16.6 Å². The Balaban J connectivity index is 1.42. The summed E-state index contributed by atoms with van der Waals surface area (Å²) in [5.41, 5.74) is 1.79. The number of benzene rings is 1. The largest absolute Gasteiger partial charge is 0.454 e. The Morgan fingerprint density at radius 3 is 3.09 bits per heavy atom. The van der Waals surface area contributed by atoms with Crippen LogP contribution in [0.2, 0.25) is 0 Å². The first-order chi connectivity index (χ1) is 11.2. The van der Waals surface area contributed by atoms with Crippen molar-refractivity contribution >= 4 is 28.2 Å². The lowest BCUT2D eigenvalue weighted by Gasteiger charge is -2.15. The van der Waals surface area contributed by atoms with E-state index >= 15 is 0 Å². The normalized spacial score (nSPS) is 18.4. The molecule has 6 nitrogen and oxygen atoms in total. The molecule has 2 aromatic rings. The molecule has 2 aliphatic rings. The molecule has 7 heteroatoms. The molecule has 0 saturated heterocycles. The maximum absolute atomic E-state index is 12.1. The van der Waals surface area contributed by atoms with E-state index < -0.39 is 0 Å². The minimum absolute atomic E-state index is 0.216. The molecule has 1 aromatic carbocycles. The number of carbonyl (C=O) groups excluding carboxylic acids is 1. The highest BCUT2D eigenvalue weighted by atomic mass is 32.1. The van der Waals surface area contributed by atoms with Crippen molar-refractivity contribution in [2.75, 3.05) is 17.4 Å². The number of rotatable bonds is 2. The van der Waals surface area contributed by atoms with Crippen LogP contribution >= 0.6 is 11.3 Å². The van der Waals surface area contributed by atoms with Gasteiger partial charge in [-0.05, 0) is 37.3 Å². The number of ether oxygens (including phenoxy) is 2. The van der Waals surface area contributed by atoms with E-state index in [0.29, 0.717) is 28.2 Å². The van der Waals surface area contributed by atoms with Crippen molar-refractivity contribution in [3.8, 4) is 11.5 Å². The fraction of sp³-hybridized carbons (Fsp3) is 0.375. The zero-order chi connectivity index (χ0) is 15.8. The predicted octanol–water partition coefficient (Wildman–Crippen LogP) is 3.64. The molecule has 1 aromatic heterocycles. The molecule has 1 atom stereocenters. The van der Waals surface area contributed by atoms with Crippen LogP contribution in [0.5, 0.6) is 11.5 Å². The lowest BCUT2D eigenvalue weighted by atomic mass is 9.93. The lowest BCUT2D eigenvalue weighted by Crippen LogP contribution is -2.19. The Hall–Kier alpha value is -2.28. The Kier molecular flexibility index (Phi) is 3.57. The van der Waals surface area contributed by atoms with E-state index in [4.69, 9.17) is 9.47 Å². The Labute approximate surface area is 137 Å². The standard InChI is InChI=1S/C16H17N3O3S/c1-9-2-4-11-14(6-9)23-16(18-11)19-15(20)17-10-3-5-12-13(7-10)22-8-21-12/h3,5,7,9H,2,4,6,8H2,1H3,(H2,17,18,19,20)/t9-/m1/s1. The maximum atomic E-state index is 12.1. The number of anilines is 2. The molecular formula is C16H17N3O3S. The summed E-state index contributed by atoms with van der Waals surface area (Å²) in [6, 6.07) is 5.00. The number of urea groups is 1. The molecule has 23 heavy (non-hydrogen) atoms. The van der Waals surface area contributed by atoms with Crippen molar-refractivity contribution in [1.82, 2.24) is 4.98 Å². The third-order valence-electron chi connectivity index (χ3n) is 4.04. The van der Waals surface area contributed by atoms with Crippen LogP contribution in [0, 0.1) is 5.92 Å². The minimum atomic E-state index is -0.303. The Morgan fingerprint density at radius 2 is 2.17 bits per heavy atom. The zero-order valence-electron chi connectivity index (χ0n) is 12.7. The summed E-state index contributed by atoms with van der Waals surface area (Å²) in [7, 11) is 0. The van der Waals surface area contributed by atoms with Crippen LogP contribution in [0.25, 0.3) is 0 Å². The van der Waals surface area contributed by atoms with E-state index in [1.807, 2.05) is 0 Å². The highest BCUT2D eigenvalue weighted by molar-refractivity contribution is 7.15. The highest BCUT2D eigenvalue weighted by Gasteiger charge is 2.20. The average Bonchev–Trinajstić information content (AvgIpc) is 3.11. The van der Waals surface area contributed by atoms with Gasteiger partial charge in [0.1, 0.15) is 0 Å². The number of aryl methyl sites for hydroxylation is 1. The monoisotopic (exact) mass is 331 g/mol. The van der Waals surface area contributed by atoms with Gasteiger partial charge in [-0.2, -0.15) is 0 Å². The third-order valence-corrected chi connectivity index (χ3v) is 5.07. The molecule has 0 radical (unpaired) electrons. The van der Waals surface area contributed by atoms with E-state index in [-0.39, 0.29) is 12.8 Å². The number of nitrogens with one attached hydrogen (secondary N) is 2. The summed E-state index contributed by atoms with van der Waals surface area (Å²) in [6.07, 6.45) is 3.22. The molecule has 2 amide bonds. The Morgan fingerprint density at radius 1 is 1.30 bits per heavy atom.